The van der Waals surface area contributed by atoms with Crippen LogP contribution in [0.25, 0.3) is 0 Å². The summed E-state index contributed by atoms with van der Waals surface area (Å²) in [6, 6.07) is 0. The van der Waals surface area contributed by atoms with Crippen LogP contribution in [-0.4, -0.2) is 37.5 Å². The van der Waals surface area contributed by atoms with Crippen molar-refractivity contribution in [2.45, 2.75) is 25.7 Å². The summed E-state index contributed by atoms with van der Waals surface area (Å²) in [5.41, 5.74) is 0. The Balaban J connectivity index is 1.66. The van der Waals surface area contributed by atoms with Crippen LogP contribution in [0, 0.1) is 11.8 Å². The van der Waals surface area contributed by atoms with Gasteiger partial charge in [0.05, 0.1) is 0 Å². The van der Waals surface area contributed by atoms with Crippen LogP contribution in [0.4, 0.5) is 0 Å². The van der Waals surface area contributed by atoms with Crippen molar-refractivity contribution in [1.29, 1.82) is 0 Å². The minimum absolute atomic E-state index is 0.290. The third-order valence-electron chi connectivity index (χ3n) is 3.24. The van der Waals surface area contributed by atoms with Crippen molar-refractivity contribution in [1.82, 2.24) is 10.2 Å². The van der Waals surface area contributed by atoms with Crippen LogP contribution >= 0.6 is 0 Å². The second kappa shape index (κ2) is 4.30. The van der Waals surface area contributed by atoms with E-state index >= 15 is 0 Å². The standard InChI is InChI=1S/C11H20N2O/c1-13-6-2-3-9(8-13)7-12-11(14)10-4-5-10/h9-10H,2-8H2,1H3,(H,12,14). The zero-order chi connectivity index (χ0) is 9.97. The first-order valence-corrected chi connectivity index (χ1v) is 5.72. The van der Waals surface area contributed by atoms with Gasteiger partial charge in [-0.3, -0.25) is 4.79 Å². The number of carbonyl (C=O) groups excluding carboxylic acids is 1. The predicted octanol–water partition coefficient (Wildman–Crippen LogP) is 0.854. The van der Waals surface area contributed by atoms with Crippen LogP contribution in [0.5, 0.6) is 0 Å². The molecule has 2 aliphatic rings. The fourth-order valence-corrected chi connectivity index (χ4v) is 2.17. The average molecular weight is 196 g/mol. The molecule has 80 valence electrons. The fraction of sp³-hybridized carbons (Fsp3) is 0.909. The van der Waals surface area contributed by atoms with Crippen molar-refractivity contribution in [3.8, 4) is 0 Å². The SMILES string of the molecule is CN1CCCC(CNC(=O)C2CC2)C1. The molecule has 1 atom stereocenters. The first-order valence-electron chi connectivity index (χ1n) is 5.72. The first-order chi connectivity index (χ1) is 6.75. The van der Waals surface area contributed by atoms with Gasteiger partial charge in [0.15, 0.2) is 0 Å². The summed E-state index contributed by atoms with van der Waals surface area (Å²) in [6.45, 7) is 3.25. The number of piperidine rings is 1. The minimum Gasteiger partial charge on any atom is -0.356 e. The number of hydrogen-bond donors (Lipinski definition) is 1. The number of carbonyl (C=O) groups is 1. The Kier molecular flexibility index (Phi) is 3.06. The second-order valence-electron chi connectivity index (χ2n) is 4.79. The molecule has 1 aliphatic carbocycles. The van der Waals surface area contributed by atoms with Crippen molar-refractivity contribution in [3.05, 3.63) is 0 Å². The topological polar surface area (TPSA) is 32.3 Å². The van der Waals surface area contributed by atoms with Crippen LogP contribution in [0.3, 0.4) is 0 Å². The van der Waals surface area contributed by atoms with Gasteiger partial charge in [0.25, 0.3) is 0 Å². The molecular weight excluding hydrogens is 176 g/mol. The summed E-state index contributed by atoms with van der Waals surface area (Å²) in [6.07, 6.45) is 4.77. The Hall–Kier alpha value is -0.570. The molecular formula is C11H20N2O. The van der Waals surface area contributed by atoms with Crippen molar-refractivity contribution in [3.63, 3.8) is 0 Å². The van der Waals surface area contributed by atoms with Crippen molar-refractivity contribution >= 4 is 5.91 Å². The lowest BCUT2D eigenvalue weighted by atomic mass is 9.98. The molecule has 1 N–H and O–H groups in total. The summed E-state index contributed by atoms with van der Waals surface area (Å²) in [7, 11) is 2.16. The zero-order valence-corrected chi connectivity index (χ0v) is 8.96. The van der Waals surface area contributed by atoms with Gasteiger partial charge in [-0.1, -0.05) is 0 Å². The summed E-state index contributed by atoms with van der Waals surface area (Å²) in [5, 5.41) is 3.07. The van der Waals surface area contributed by atoms with Crippen LogP contribution in [0.2, 0.25) is 0 Å². The molecule has 1 saturated heterocycles. The van der Waals surface area contributed by atoms with Crippen LogP contribution < -0.4 is 5.32 Å². The summed E-state index contributed by atoms with van der Waals surface area (Å²) in [4.78, 5) is 13.8. The average Bonchev–Trinajstić information content (AvgIpc) is 2.97. The van der Waals surface area contributed by atoms with E-state index in [4.69, 9.17) is 0 Å². The van der Waals surface area contributed by atoms with Crippen molar-refractivity contribution < 1.29 is 4.79 Å². The third-order valence-corrected chi connectivity index (χ3v) is 3.24. The second-order valence-corrected chi connectivity index (χ2v) is 4.79. The van der Waals surface area contributed by atoms with Gasteiger partial charge in [0.1, 0.15) is 0 Å². The molecule has 3 nitrogen and oxygen atoms in total. The summed E-state index contributed by atoms with van der Waals surface area (Å²) < 4.78 is 0. The van der Waals surface area contributed by atoms with Crippen LogP contribution in [-0.2, 0) is 4.79 Å². The number of rotatable bonds is 3. The van der Waals surface area contributed by atoms with Gasteiger partial charge in [-0.25, -0.2) is 0 Å². The van der Waals surface area contributed by atoms with E-state index in [0.717, 1.165) is 25.9 Å². The lowest BCUT2D eigenvalue weighted by molar-refractivity contribution is -0.122. The first kappa shape index (κ1) is 9.97. The molecule has 0 aromatic carbocycles. The smallest absolute Gasteiger partial charge is 0.223 e. The maximum atomic E-state index is 11.4. The third kappa shape index (κ3) is 2.71. The van der Waals surface area contributed by atoms with Gasteiger partial charge in [-0.15, -0.1) is 0 Å². The molecule has 0 bridgehead atoms. The lowest BCUT2D eigenvalue weighted by Crippen LogP contribution is -2.39. The van der Waals surface area contributed by atoms with Gasteiger partial charge in [0.2, 0.25) is 5.91 Å². The molecule has 1 unspecified atom stereocenters. The van der Waals surface area contributed by atoms with Gasteiger partial charge >= 0.3 is 0 Å². The fourth-order valence-electron chi connectivity index (χ4n) is 2.17. The van der Waals surface area contributed by atoms with Gasteiger partial charge in [0, 0.05) is 19.0 Å². The minimum atomic E-state index is 0.290. The molecule has 1 aliphatic heterocycles. The maximum Gasteiger partial charge on any atom is 0.223 e. The summed E-state index contributed by atoms with van der Waals surface area (Å²) >= 11 is 0. The molecule has 1 amide bonds. The molecule has 3 heteroatoms. The van der Waals surface area contributed by atoms with Crippen LogP contribution in [0.15, 0.2) is 0 Å². The van der Waals surface area contributed by atoms with E-state index in [0.29, 0.717) is 17.7 Å². The highest BCUT2D eigenvalue weighted by Crippen LogP contribution is 2.28. The Labute approximate surface area is 85.8 Å². The predicted molar refractivity (Wildman–Crippen MR) is 56.0 cm³/mol. The van der Waals surface area contributed by atoms with E-state index in [-0.39, 0.29) is 0 Å². The number of amides is 1. The Morgan fingerprint density at radius 1 is 1.43 bits per heavy atom. The molecule has 0 aromatic heterocycles. The molecule has 1 saturated carbocycles. The van der Waals surface area contributed by atoms with Gasteiger partial charge in [-0.2, -0.15) is 0 Å². The van der Waals surface area contributed by atoms with E-state index in [1.54, 1.807) is 0 Å². The Bertz CT molecular complexity index is 213. The molecule has 0 radical (unpaired) electrons. The highest BCUT2D eigenvalue weighted by Gasteiger charge is 2.29. The van der Waals surface area contributed by atoms with Gasteiger partial charge < -0.3 is 10.2 Å². The summed E-state index contributed by atoms with van der Waals surface area (Å²) in [5.74, 6) is 1.32. The largest absolute Gasteiger partial charge is 0.356 e. The van der Waals surface area contributed by atoms with Crippen molar-refractivity contribution in [2.24, 2.45) is 11.8 Å². The van der Waals surface area contributed by atoms with E-state index < -0.39 is 0 Å². The Morgan fingerprint density at radius 3 is 2.86 bits per heavy atom. The van der Waals surface area contributed by atoms with E-state index in [1.807, 2.05) is 0 Å². The molecule has 0 aromatic rings. The highest BCUT2D eigenvalue weighted by molar-refractivity contribution is 5.80. The molecule has 2 fully saturated rings. The number of likely N-dealkylation sites (tertiary alicyclic amines) is 1. The zero-order valence-electron chi connectivity index (χ0n) is 8.96. The van der Waals surface area contributed by atoms with Crippen LogP contribution in [0.1, 0.15) is 25.7 Å². The quantitative estimate of drug-likeness (QED) is 0.726. The van der Waals surface area contributed by atoms with Gasteiger partial charge in [-0.05, 0) is 45.2 Å². The maximum absolute atomic E-state index is 11.4. The normalized spacial score (nSPS) is 28.8. The molecule has 0 spiro atoms. The monoisotopic (exact) mass is 196 g/mol. The van der Waals surface area contributed by atoms with E-state index in [1.165, 1.54) is 19.4 Å². The Morgan fingerprint density at radius 2 is 2.21 bits per heavy atom. The number of nitrogens with one attached hydrogen (secondary N) is 1. The van der Waals surface area contributed by atoms with E-state index in [2.05, 4.69) is 17.3 Å². The molecule has 2 rings (SSSR count). The highest BCUT2D eigenvalue weighted by atomic mass is 16.2. The number of hydrogen-bond acceptors (Lipinski definition) is 2. The van der Waals surface area contributed by atoms with E-state index in [9.17, 15) is 4.79 Å². The molecule has 14 heavy (non-hydrogen) atoms. The number of nitrogens with zero attached hydrogens (tertiary/aromatic N) is 1. The lowest BCUT2D eigenvalue weighted by Gasteiger charge is -2.29. The van der Waals surface area contributed by atoms with Crippen molar-refractivity contribution in [2.75, 3.05) is 26.7 Å². The molecule has 1 heterocycles.